The third kappa shape index (κ3) is 6.67. The van der Waals surface area contributed by atoms with Crippen molar-refractivity contribution < 1.29 is 23.7 Å². The molecule has 0 spiro atoms. The molecule has 2 atom stereocenters. The van der Waals surface area contributed by atoms with E-state index in [0.29, 0.717) is 5.57 Å². The molecule has 7 heteroatoms. The molecule has 0 unspecified atom stereocenters. The summed E-state index contributed by atoms with van der Waals surface area (Å²) in [5.41, 5.74) is 1.85. The summed E-state index contributed by atoms with van der Waals surface area (Å²) in [5, 5.41) is 0. The summed E-state index contributed by atoms with van der Waals surface area (Å²) in [4.78, 5) is 11.6. The fraction of sp³-hybridized carbons (Fsp3) is 0.591. The summed E-state index contributed by atoms with van der Waals surface area (Å²) in [7, 11) is 0. The van der Waals surface area contributed by atoms with Crippen molar-refractivity contribution in [3.63, 3.8) is 0 Å². The van der Waals surface area contributed by atoms with Crippen LogP contribution in [-0.4, -0.2) is 46.3 Å². The molecular weight excluding hydrogens is 408 g/mol. The van der Waals surface area contributed by atoms with Crippen LogP contribution in [0.2, 0.25) is 0 Å². The molecule has 162 valence electrons. The number of thioether (sulfide) groups is 2. The number of allylic oxidation sites excluding steroid dienone is 1. The highest BCUT2D eigenvalue weighted by Gasteiger charge is 2.46. The van der Waals surface area contributed by atoms with Gasteiger partial charge in [0.25, 0.3) is 0 Å². The molecule has 5 nitrogen and oxygen atoms in total. The van der Waals surface area contributed by atoms with Crippen LogP contribution >= 0.6 is 23.5 Å². The third-order valence-electron chi connectivity index (χ3n) is 4.68. The summed E-state index contributed by atoms with van der Waals surface area (Å²) in [6.07, 6.45) is 4.15. The highest BCUT2D eigenvalue weighted by Crippen LogP contribution is 2.51. The minimum absolute atomic E-state index is 0.0747. The minimum atomic E-state index is -0.806. The molecule has 0 aromatic rings. The van der Waals surface area contributed by atoms with Gasteiger partial charge in [0.1, 0.15) is 18.5 Å². The van der Waals surface area contributed by atoms with E-state index >= 15 is 0 Å². The molecule has 0 aliphatic carbocycles. The van der Waals surface area contributed by atoms with Crippen LogP contribution in [0.1, 0.15) is 40.5 Å². The Bertz CT molecular complexity index is 677. The van der Waals surface area contributed by atoms with Crippen LogP contribution in [0.15, 0.2) is 48.8 Å². The van der Waals surface area contributed by atoms with Crippen LogP contribution < -0.4 is 0 Å². The van der Waals surface area contributed by atoms with Gasteiger partial charge in [0.05, 0.1) is 10.2 Å². The Morgan fingerprint density at radius 3 is 2.45 bits per heavy atom. The minimum Gasteiger partial charge on any atom is -0.430 e. The monoisotopic (exact) mass is 440 g/mol. The SMILES string of the molecule is C=CCOC(=O)OC(=C)/C(C)=C/[C@@H]1OC(C)(C)O[C@H]1CC1(C(=C)C)SCCCS1. The second-order valence-electron chi connectivity index (χ2n) is 7.65. The highest BCUT2D eigenvalue weighted by atomic mass is 32.2. The summed E-state index contributed by atoms with van der Waals surface area (Å²) >= 11 is 3.89. The maximum absolute atomic E-state index is 11.6. The highest BCUT2D eigenvalue weighted by molar-refractivity contribution is 8.19. The van der Waals surface area contributed by atoms with E-state index in [2.05, 4.69) is 26.7 Å². The van der Waals surface area contributed by atoms with Crippen molar-refractivity contribution in [2.45, 2.75) is 62.6 Å². The molecule has 0 amide bonds. The van der Waals surface area contributed by atoms with E-state index in [1.54, 1.807) is 0 Å². The molecule has 0 bridgehead atoms. The molecule has 0 saturated carbocycles. The van der Waals surface area contributed by atoms with Crippen LogP contribution in [0.5, 0.6) is 0 Å². The molecule has 2 fully saturated rings. The van der Waals surface area contributed by atoms with Crippen molar-refractivity contribution in [2.24, 2.45) is 0 Å². The average molecular weight is 441 g/mol. The van der Waals surface area contributed by atoms with Crippen LogP contribution in [-0.2, 0) is 18.9 Å². The predicted octanol–water partition coefficient (Wildman–Crippen LogP) is 5.84. The van der Waals surface area contributed by atoms with Gasteiger partial charge in [0, 0.05) is 6.42 Å². The fourth-order valence-electron chi connectivity index (χ4n) is 3.22. The lowest BCUT2D eigenvalue weighted by molar-refractivity contribution is -0.143. The first-order valence-corrected chi connectivity index (χ1v) is 11.7. The zero-order valence-electron chi connectivity index (χ0n) is 17.8. The first-order valence-electron chi connectivity index (χ1n) is 9.71. The van der Waals surface area contributed by atoms with E-state index in [1.807, 2.05) is 50.4 Å². The number of hydrogen-bond acceptors (Lipinski definition) is 7. The lowest BCUT2D eigenvalue weighted by atomic mass is 10.0. The molecule has 0 aromatic heterocycles. The van der Waals surface area contributed by atoms with Gasteiger partial charge in [-0.2, -0.15) is 0 Å². The Morgan fingerprint density at radius 1 is 1.21 bits per heavy atom. The molecule has 0 N–H and O–H groups in total. The maximum Gasteiger partial charge on any atom is 0.514 e. The molecule has 2 aliphatic heterocycles. The Balaban J connectivity index is 2.13. The van der Waals surface area contributed by atoms with Gasteiger partial charge in [-0.1, -0.05) is 31.4 Å². The van der Waals surface area contributed by atoms with Crippen LogP contribution in [0.4, 0.5) is 4.79 Å². The van der Waals surface area contributed by atoms with E-state index < -0.39 is 11.9 Å². The molecule has 2 rings (SSSR count). The largest absolute Gasteiger partial charge is 0.514 e. The van der Waals surface area contributed by atoms with Gasteiger partial charge in [-0.15, -0.1) is 23.5 Å². The van der Waals surface area contributed by atoms with E-state index in [4.69, 9.17) is 18.9 Å². The summed E-state index contributed by atoms with van der Waals surface area (Å²) in [6, 6.07) is 0. The van der Waals surface area contributed by atoms with Crippen LogP contribution in [0, 0.1) is 0 Å². The number of hydrogen-bond donors (Lipinski definition) is 0. The van der Waals surface area contributed by atoms with Gasteiger partial charge in [0.2, 0.25) is 0 Å². The van der Waals surface area contributed by atoms with E-state index in [9.17, 15) is 4.79 Å². The molecular formula is C22H32O5S2. The number of carbonyl (C=O) groups excluding carboxylic acids is 1. The topological polar surface area (TPSA) is 54.0 Å². The molecule has 2 aliphatic rings. The number of carbonyl (C=O) groups is 1. The van der Waals surface area contributed by atoms with Crippen molar-refractivity contribution in [1.82, 2.24) is 0 Å². The van der Waals surface area contributed by atoms with Crippen LogP contribution in [0.25, 0.3) is 0 Å². The third-order valence-corrected chi connectivity index (χ3v) is 8.34. The molecule has 2 heterocycles. The summed E-state index contributed by atoms with van der Waals surface area (Å²) in [5.74, 6) is 1.77. The molecule has 29 heavy (non-hydrogen) atoms. The van der Waals surface area contributed by atoms with Gasteiger partial charge < -0.3 is 18.9 Å². The summed E-state index contributed by atoms with van der Waals surface area (Å²) < 4.78 is 22.3. The van der Waals surface area contributed by atoms with Crippen LogP contribution in [0.3, 0.4) is 0 Å². The first-order chi connectivity index (χ1) is 13.6. The van der Waals surface area contributed by atoms with Gasteiger partial charge in [-0.05, 0) is 57.3 Å². The average Bonchev–Trinajstić information content (AvgIpc) is 2.93. The van der Waals surface area contributed by atoms with Gasteiger partial charge in [0.15, 0.2) is 5.79 Å². The standard InChI is InChI=1S/C22H32O5S2/c1-8-10-24-20(23)25-17(5)16(4)13-18-19(27-21(6,7)26-18)14-22(15(2)3)28-11-9-12-29-22/h8,13,18-19H,1-2,5,9-12,14H2,3-4,6-7H3/b16-13+/t18-,19-/m0/s1. The van der Waals surface area contributed by atoms with Gasteiger partial charge >= 0.3 is 6.16 Å². The maximum atomic E-state index is 11.6. The number of rotatable bonds is 8. The Kier molecular flexibility index (Phi) is 8.52. The predicted molar refractivity (Wildman–Crippen MR) is 121 cm³/mol. The lowest BCUT2D eigenvalue weighted by Crippen LogP contribution is -2.35. The zero-order valence-corrected chi connectivity index (χ0v) is 19.5. The first kappa shape index (κ1) is 24.1. The quantitative estimate of drug-likeness (QED) is 0.203. The van der Waals surface area contributed by atoms with Gasteiger partial charge in [-0.3, -0.25) is 0 Å². The Hall–Kier alpha value is -1.15. The lowest BCUT2D eigenvalue weighted by Gasteiger charge is -2.38. The Labute approximate surface area is 182 Å². The molecule has 0 radical (unpaired) electrons. The summed E-state index contributed by atoms with van der Waals surface area (Å²) in [6.45, 7) is 19.4. The number of ether oxygens (including phenoxy) is 4. The van der Waals surface area contributed by atoms with Crippen molar-refractivity contribution in [2.75, 3.05) is 18.1 Å². The fourth-order valence-corrected chi connectivity index (χ4v) is 6.53. The normalized spacial score (nSPS) is 25.9. The second kappa shape index (κ2) is 10.2. The zero-order chi connectivity index (χ0) is 21.7. The van der Waals surface area contributed by atoms with Crippen molar-refractivity contribution in [1.29, 1.82) is 0 Å². The second-order valence-corrected chi connectivity index (χ2v) is 10.7. The van der Waals surface area contributed by atoms with E-state index in [0.717, 1.165) is 23.5 Å². The van der Waals surface area contributed by atoms with Crippen molar-refractivity contribution in [3.05, 3.63) is 48.8 Å². The molecule has 0 aromatic carbocycles. The van der Waals surface area contributed by atoms with Gasteiger partial charge in [-0.25, -0.2) is 4.79 Å². The van der Waals surface area contributed by atoms with Crippen molar-refractivity contribution >= 4 is 29.7 Å². The van der Waals surface area contributed by atoms with E-state index in [1.165, 1.54) is 12.5 Å². The Morgan fingerprint density at radius 2 is 1.86 bits per heavy atom. The smallest absolute Gasteiger partial charge is 0.430 e. The van der Waals surface area contributed by atoms with Crippen molar-refractivity contribution in [3.8, 4) is 0 Å². The molecule has 2 saturated heterocycles. The van der Waals surface area contributed by atoms with E-state index in [-0.39, 0.29) is 28.7 Å².